The number of imidazole rings is 1. The molecular formula is C15H9Cl2N5OS. The number of thioether (sulfide) groups is 1. The highest BCUT2D eigenvalue weighted by molar-refractivity contribution is 7.98. The van der Waals surface area contributed by atoms with Gasteiger partial charge in [-0.2, -0.15) is 0 Å². The Balaban J connectivity index is 2.23. The van der Waals surface area contributed by atoms with E-state index >= 15 is 0 Å². The minimum Gasteiger partial charge on any atom is -0.267 e. The first kappa shape index (κ1) is 15.4. The Bertz CT molecular complexity index is 1130. The summed E-state index contributed by atoms with van der Waals surface area (Å²) in [5.74, 6) is 0. The van der Waals surface area contributed by atoms with Crippen molar-refractivity contribution < 1.29 is 0 Å². The number of para-hydroxylation sites is 1. The van der Waals surface area contributed by atoms with Gasteiger partial charge in [0.05, 0.1) is 15.4 Å². The van der Waals surface area contributed by atoms with Crippen molar-refractivity contribution in [3.63, 3.8) is 0 Å². The van der Waals surface area contributed by atoms with Crippen LogP contribution in [0.3, 0.4) is 0 Å². The van der Waals surface area contributed by atoms with Crippen molar-refractivity contribution in [3.8, 4) is 5.69 Å². The van der Waals surface area contributed by atoms with E-state index in [-0.39, 0.29) is 5.56 Å². The van der Waals surface area contributed by atoms with Crippen LogP contribution in [0, 0.1) is 0 Å². The molecule has 0 aliphatic heterocycles. The van der Waals surface area contributed by atoms with Crippen LogP contribution in [-0.2, 0) is 0 Å². The van der Waals surface area contributed by atoms with Gasteiger partial charge in [0.1, 0.15) is 11.2 Å². The summed E-state index contributed by atoms with van der Waals surface area (Å²) in [6.07, 6.45) is 6.63. The molecule has 0 spiro atoms. The van der Waals surface area contributed by atoms with Crippen molar-refractivity contribution in [2.24, 2.45) is 0 Å². The molecule has 0 amide bonds. The number of halogens is 2. The number of rotatable bonds is 2. The third kappa shape index (κ3) is 2.20. The Morgan fingerprint density at radius 1 is 1.17 bits per heavy atom. The average molecular weight is 378 g/mol. The number of hydrogen-bond acceptors (Lipinski definition) is 5. The summed E-state index contributed by atoms with van der Waals surface area (Å²) >= 11 is 14.0. The summed E-state index contributed by atoms with van der Waals surface area (Å²) < 4.78 is 2.98. The van der Waals surface area contributed by atoms with Crippen LogP contribution in [0.2, 0.25) is 10.0 Å². The van der Waals surface area contributed by atoms with Gasteiger partial charge in [-0.3, -0.25) is 4.79 Å². The van der Waals surface area contributed by atoms with Crippen LogP contribution in [0.4, 0.5) is 0 Å². The molecule has 24 heavy (non-hydrogen) atoms. The summed E-state index contributed by atoms with van der Waals surface area (Å²) in [6, 6.07) is 5.07. The van der Waals surface area contributed by atoms with E-state index in [2.05, 4.69) is 15.0 Å². The van der Waals surface area contributed by atoms with E-state index in [1.54, 1.807) is 35.1 Å². The van der Waals surface area contributed by atoms with E-state index in [4.69, 9.17) is 23.2 Å². The maximum Gasteiger partial charge on any atom is 0.281 e. The molecule has 4 rings (SSSR count). The van der Waals surface area contributed by atoms with Gasteiger partial charge in [-0.1, -0.05) is 41.0 Å². The molecule has 6 nitrogen and oxygen atoms in total. The highest BCUT2D eigenvalue weighted by Gasteiger charge is 2.18. The molecule has 4 aromatic rings. The lowest BCUT2D eigenvalue weighted by Crippen LogP contribution is -2.25. The van der Waals surface area contributed by atoms with Crippen molar-refractivity contribution >= 4 is 51.5 Å². The fourth-order valence-corrected chi connectivity index (χ4v) is 3.43. The molecule has 120 valence electrons. The Morgan fingerprint density at radius 3 is 2.62 bits per heavy atom. The lowest BCUT2D eigenvalue weighted by atomic mass is 10.3. The molecule has 1 aromatic carbocycles. The van der Waals surface area contributed by atoms with Crippen LogP contribution in [-0.4, -0.2) is 30.4 Å². The van der Waals surface area contributed by atoms with E-state index in [9.17, 15) is 4.79 Å². The van der Waals surface area contributed by atoms with Crippen LogP contribution in [0.15, 0.2) is 46.7 Å². The highest BCUT2D eigenvalue weighted by Crippen LogP contribution is 2.28. The number of hydrogen-bond donors (Lipinski definition) is 0. The van der Waals surface area contributed by atoms with Gasteiger partial charge in [-0.25, -0.2) is 24.1 Å². The van der Waals surface area contributed by atoms with Gasteiger partial charge in [0.25, 0.3) is 5.56 Å². The first-order valence-corrected chi connectivity index (χ1v) is 8.83. The Kier molecular flexibility index (Phi) is 3.71. The van der Waals surface area contributed by atoms with Crippen LogP contribution in [0.1, 0.15) is 0 Å². The van der Waals surface area contributed by atoms with Gasteiger partial charge in [0, 0.05) is 18.6 Å². The number of aromatic nitrogens is 5. The summed E-state index contributed by atoms with van der Waals surface area (Å²) in [5, 5.41) is 1.64. The van der Waals surface area contributed by atoms with Crippen molar-refractivity contribution in [2.75, 3.05) is 6.26 Å². The van der Waals surface area contributed by atoms with Crippen molar-refractivity contribution in [2.45, 2.75) is 5.16 Å². The maximum absolute atomic E-state index is 13.1. The molecule has 0 saturated carbocycles. The fourth-order valence-electron chi connectivity index (χ4n) is 2.53. The number of fused-ring (bicyclic) bond motifs is 3. The second kappa shape index (κ2) is 5.77. The van der Waals surface area contributed by atoms with E-state index in [1.165, 1.54) is 22.6 Å². The molecule has 3 heterocycles. The van der Waals surface area contributed by atoms with Gasteiger partial charge in [0.15, 0.2) is 10.8 Å². The predicted octanol–water partition coefficient (Wildman–Crippen LogP) is 3.46. The molecule has 0 atom stereocenters. The SMILES string of the molecule is CSc1ncc2c(=O)n(-c3c(Cl)cccc3Cl)n3ccnc3c2n1. The largest absolute Gasteiger partial charge is 0.281 e. The van der Waals surface area contributed by atoms with Crippen molar-refractivity contribution in [3.05, 3.63) is 57.2 Å². The molecule has 0 unspecified atom stereocenters. The fraction of sp³-hybridized carbons (Fsp3) is 0.0667. The first-order valence-electron chi connectivity index (χ1n) is 6.85. The standard InChI is InChI=1S/C15H9Cl2N5OS/c1-24-15-19-7-8-11(20-15)13-18-5-6-21(13)22(14(8)23)12-9(16)3-2-4-10(12)17/h2-7H,1H3. The summed E-state index contributed by atoms with van der Waals surface area (Å²) in [6.45, 7) is 0. The Labute approximate surface area is 150 Å². The van der Waals surface area contributed by atoms with Gasteiger partial charge in [-0.05, 0) is 18.4 Å². The number of nitrogens with zero attached hydrogens (tertiary/aromatic N) is 5. The summed E-state index contributed by atoms with van der Waals surface area (Å²) in [4.78, 5) is 26.0. The summed E-state index contributed by atoms with van der Waals surface area (Å²) in [5.41, 5.74) is 1.09. The third-order valence-corrected chi connectivity index (χ3v) is 4.74. The van der Waals surface area contributed by atoms with Gasteiger partial charge in [0.2, 0.25) is 0 Å². The van der Waals surface area contributed by atoms with Crippen molar-refractivity contribution in [1.29, 1.82) is 0 Å². The molecule has 0 fully saturated rings. The van der Waals surface area contributed by atoms with Gasteiger partial charge >= 0.3 is 0 Å². The molecule has 0 N–H and O–H groups in total. The van der Waals surface area contributed by atoms with Crippen molar-refractivity contribution in [1.82, 2.24) is 24.1 Å². The van der Waals surface area contributed by atoms with Crippen LogP contribution >= 0.6 is 35.0 Å². The topological polar surface area (TPSA) is 65.1 Å². The third-order valence-electron chi connectivity index (χ3n) is 3.57. The molecule has 3 aromatic heterocycles. The molecule has 0 aliphatic rings. The minimum absolute atomic E-state index is 0.321. The van der Waals surface area contributed by atoms with Crippen LogP contribution < -0.4 is 5.56 Å². The minimum atomic E-state index is -0.321. The second-order valence-electron chi connectivity index (χ2n) is 4.90. The maximum atomic E-state index is 13.1. The lowest BCUT2D eigenvalue weighted by Gasteiger charge is -2.14. The average Bonchev–Trinajstić information content (AvgIpc) is 3.06. The molecule has 0 radical (unpaired) electrons. The molecule has 0 saturated heterocycles. The predicted molar refractivity (Wildman–Crippen MR) is 95.7 cm³/mol. The monoisotopic (exact) mass is 377 g/mol. The summed E-state index contributed by atoms with van der Waals surface area (Å²) in [7, 11) is 0. The van der Waals surface area contributed by atoms with Crippen LogP contribution in [0.5, 0.6) is 0 Å². The first-order chi connectivity index (χ1) is 11.6. The van der Waals surface area contributed by atoms with Gasteiger partial charge < -0.3 is 0 Å². The second-order valence-corrected chi connectivity index (χ2v) is 6.49. The number of benzene rings is 1. The van der Waals surface area contributed by atoms with Crippen LogP contribution in [0.25, 0.3) is 22.2 Å². The zero-order valence-corrected chi connectivity index (χ0v) is 14.6. The zero-order valence-electron chi connectivity index (χ0n) is 12.3. The quantitative estimate of drug-likeness (QED) is 0.395. The molecular weight excluding hydrogens is 369 g/mol. The highest BCUT2D eigenvalue weighted by atomic mass is 35.5. The zero-order chi connectivity index (χ0) is 16.8. The van der Waals surface area contributed by atoms with Gasteiger partial charge in [-0.15, -0.1) is 0 Å². The normalized spacial score (nSPS) is 11.5. The molecule has 0 bridgehead atoms. The Hall–Kier alpha value is -2.09. The van der Waals surface area contributed by atoms with E-state index in [0.717, 1.165) is 0 Å². The molecule has 0 aliphatic carbocycles. The lowest BCUT2D eigenvalue weighted by molar-refractivity contribution is 0.755. The smallest absolute Gasteiger partial charge is 0.267 e. The molecule has 9 heteroatoms. The Morgan fingerprint density at radius 2 is 1.92 bits per heavy atom. The van der Waals surface area contributed by atoms with E-state index in [1.807, 2.05) is 6.26 Å². The van der Waals surface area contributed by atoms with E-state index < -0.39 is 0 Å². The van der Waals surface area contributed by atoms with E-state index in [0.29, 0.717) is 37.4 Å².